The number of rotatable bonds is 5. The quantitative estimate of drug-likeness (QED) is 0.870. The smallest absolute Gasteiger partial charge is 0.225 e. The van der Waals surface area contributed by atoms with Gasteiger partial charge >= 0.3 is 0 Å². The molecule has 1 aliphatic rings. The van der Waals surface area contributed by atoms with Gasteiger partial charge < -0.3 is 10.6 Å². The van der Waals surface area contributed by atoms with Crippen molar-refractivity contribution in [3.8, 4) is 0 Å². The zero-order valence-corrected chi connectivity index (χ0v) is 12.7. The third-order valence-corrected chi connectivity index (χ3v) is 5.08. The highest BCUT2D eigenvalue weighted by Gasteiger charge is 2.36. The monoisotopic (exact) mass is 280 g/mol. The lowest BCUT2D eigenvalue weighted by Gasteiger charge is -2.36. The largest absolute Gasteiger partial charge is 0.355 e. The summed E-state index contributed by atoms with van der Waals surface area (Å²) in [6.45, 7) is 6.94. The first-order valence-electron chi connectivity index (χ1n) is 7.12. The van der Waals surface area contributed by atoms with E-state index in [1.807, 2.05) is 0 Å². The molecule has 1 saturated heterocycles. The van der Waals surface area contributed by atoms with E-state index < -0.39 is 0 Å². The van der Waals surface area contributed by atoms with Gasteiger partial charge in [0.25, 0.3) is 0 Å². The molecule has 1 aromatic rings. The Morgan fingerprint density at radius 1 is 1.58 bits per heavy atom. The van der Waals surface area contributed by atoms with Crippen LogP contribution in [0.25, 0.3) is 0 Å². The minimum Gasteiger partial charge on any atom is -0.355 e. The van der Waals surface area contributed by atoms with Crippen molar-refractivity contribution in [1.82, 2.24) is 10.6 Å². The van der Waals surface area contributed by atoms with Crippen molar-refractivity contribution in [3.05, 3.63) is 22.4 Å². The summed E-state index contributed by atoms with van der Waals surface area (Å²) in [5.41, 5.74) is -0.275. The van der Waals surface area contributed by atoms with Crippen LogP contribution in [0.3, 0.4) is 0 Å². The summed E-state index contributed by atoms with van der Waals surface area (Å²) in [5, 5.41) is 8.57. The van der Waals surface area contributed by atoms with Crippen LogP contribution in [0, 0.1) is 11.3 Å². The maximum absolute atomic E-state index is 12.4. The van der Waals surface area contributed by atoms with Crippen molar-refractivity contribution < 1.29 is 4.79 Å². The van der Waals surface area contributed by atoms with E-state index in [4.69, 9.17) is 0 Å². The summed E-state index contributed by atoms with van der Waals surface area (Å²) in [5.74, 6) is 0.640. The van der Waals surface area contributed by atoms with Crippen molar-refractivity contribution >= 4 is 17.2 Å². The van der Waals surface area contributed by atoms with Crippen LogP contribution in [-0.4, -0.2) is 25.5 Å². The molecule has 106 valence electrons. The zero-order chi connectivity index (χ0) is 13.7. The normalized spacial score (nSPS) is 20.2. The van der Waals surface area contributed by atoms with Gasteiger partial charge in [0, 0.05) is 16.8 Å². The number of nitrogens with one attached hydrogen (secondary N) is 2. The van der Waals surface area contributed by atoms with Crippen LogP contribution in [0.1, 0.15) is 31.6 Å². The number of thiophene rings is 1. The Bertz CT molecular complexity index is 394. The first-order chi connectivity index (χ1) is 9.10. The van der Waals surface area contributed by atoms with E-state index >= 15 is 0 Å². The van der Waals surface area contributed by atoms with Gasteiger partial charge in [0.15, 0.2) is 0 Å². The van der Waals surface area contributed by atoms with Crippen LogP contribution in [0.15, 0.2) is 17.5 Å². The lowest BCUT2D eigenvalue weighted by molar-refractivity contribution is -0.132. The summed E-state index contributed by atoms with van der Waals surface area (Å²) in [6.07, 6.45) is 3.26. The van der Waals surface area contributed by atoms with Gasteiger partial charge in [-0.1, -0.05) is 19.9 Å². The number of piperidine rings is 1. The molecule has 1 unspecified atom stereocenters. The van der Waals surface area contributed by atoms with Crippen LogP contribution in [-0.2, 0) is 11.2 Å². The lowest BCUT2D eigenvalue weighted by Crippen LogP contribution is -2.47. The molecule has 1 amide bonds. The van der Waals surface area contributed by atoms with Gasteiger partial charge in [-0.2, -0.15) is 0 Å². The van der Waals surface area contributed by atoms with Gasteiger partial charge in [-0.3, -0.25) is 4.79 Å². The molecule has 19 heavy (non-hydrogen) atoms. The van der Waals surface area contributed by atoms with E-state index in [1.54, 1.807) is 11.3 Å². The molecule has 2 heterocycles. The molecule has 4 heteroatoms. The molecule has 0 spiro atoms. The maximum atomic E-state index is 12.4. The van der Waals surface area contributed by atoms with Gasteiger partial charge in [0.1, 0.15) is 0 Å². The summed E-state index contributed by atoms with van der Waals surface area (Å²) >= 11 is 1.75. The van der Waals surface area contributed by atoms with Crippen molar-refractivity contribution in [2.24, 2.45) is 11.3 Å². The molecular weight excluding hydrogens is 256 g/mol. The standard InChI is InChI=1S/C15H24N2OS/c1-15(2,12-5-3-8-16-11-12)14(18)17-9-7-13-6-4-10-19-13/h4,6,10,12,16H,3,5,7-9,11H2,1-2H3,(H,17,18). The molecule has 0 saturated carbocycles. The summed E-state index contributed by atoms with van der Waals surface area (Å²) in [6, 6.07) is 4.17. The number of carbonyl (C=O) groups excluding carboxylic acids is 1. The molecule has 3 nitrogen and oxygen atoms in total. The van der Waals surface area contributed by atoms with Crippen molar-refractivity contribution in [3.63, 3.8) is 0 Å². The second kappa shape index (κ2) is 6.53. The highest BCUT2D eigenvalue weighted by Crippen LogP contribution is 2.31. The van der Waals surface area contributed by atoms with Gasteiger partial charge in [-0.25, -0.2) is 0 Å². The first kappa shape index (κ1) is 14.5. The summed E-state index contributed by atoms with van der Waals surface area (Å²) < 4.78 is 0. The minimum atomic E-state index is -0.275. The highest BCUT2D eigenvalue weighted by atomic mass is 32.1. The van der Waals surface area contributed by atoms with Gasteiger partial charge in [0.2, 0.25) is 5.91 Å². The average Bonchev–Trinajstić information content (AvgIpc) is 2.93. The van der Waals surface area contributed by atoms with E-state index in [2.05, 4.69) is 42.0 Å². The maximum Gasteiger partial charge on any atom is 0.225 e. The predicted molar refractivity (Wildman–Crippen MR) is 80.4 cm³/mol. The molecule has 2 N–H and O–H groups in total. The van der Waals surface area contributed by atoms with Crippen LogP contribution >= 0.6 is 11.3 Å². The number of hydrogen-bond donors (Lipinski definition) is 2. The van der Waals surface area contributed by atoms with E-state index in [9.17, 15) is 4.79 Å². The Morgan fingerprint density at radius 3 is 3.05 bits per heavy atom. The summed E-state index contributed by atoms with van der Waals surface area (Å²) in [4.78, 5) is 13.7. The van der Waals surface area contributed by atoms with Gasteiger partial charge in [0.05, 0.1) is 0 Å². The Balaban J connectivity index is 1.80. The fraction of sp³-hybridized carbons (Fsp3) is 0.667. The molecule has 2 rings (SSSR count). The second-order valence-corrected chi connectivity index (χ2v) is 6.88. The molecule has 0 aromatic carbocycles. The molecule has 1 aliphatic heterocycles. The third-order valence-electron chi connectivity index (χ3n) is 4.14. The number of carbonyl (C=O) groups is 1. The fourth-order valence-corrected chi connectivity index (χ4v) is 3.34. The van der Waals surface area contributed by atoms with E-state index in [-0.39, 0.29) is 11.3 Å². The van der Waals surface area contributed by atoms with Crippen molar-refractivity contribution in [1.29, 1.82) is 0 Å². The zero-order valence-electron chi connectivity index (χ0n) is 11.9. The Kier molecular flexibility index (Phi) is 4.99. The van der Waals surface area contributed by atoms with Gasteiger partial charge in [-0.05, 0) is 49.7 Å². The van der Waals surface area contributed by atoms with Crippen molar-refractivity contribution in [2.45, 2.75) is 33.1 Å². The van der Waals surface area contributed by atoms with E-state index in [0.717, 1.165) is 32.5 Å². The van der Waals surface area contributed by atoms with Crippen LogP contribution in [0.5, 0.6) is 0 Å². The van der Waals surface area contributed by atoms with Crippen LogP contribution in [0.2, 0.25) is 0 Å². The molecule has 0 radical (unpaired) electrons. The van der Waals surface area contributed by atoms with E-state index in [0.29, 0.717) is 5.92 Å². The molecule has 1 aromatic heterocycles. The molecule has 1 atom stereocenters. The van der Waals surface area contributed by atoms with Crippen molar-refractivity contribution in [2.75, 3.05) is 19.6 Å². The Labute approximate surface area is 119 Å². The first-order valence-corrected chi connectivity index (χ1v) is 8.00. The average molecular weight is 280 g/mol. The Hall–Kier alpha value is -0.870. The third kappa shape index (κ3) is 3.80. The van der Waals surface area contributed by atoms with Gasteiger partial charge in [-0.15, -0.1) is 11.3 Å². The highest BCUT2D eigenvalue weighted by molar-refractivity contribution is 7.09. The number of amides is 1. The second-order valence-electron chi connectivity index (χ2n) is 5.85. The van der Waals surface area contributed by atoms with Crippen LogP contribution < -0.4 is 10.6 Å². The molecule has 0 bridgehead atoms. The molecular formula is C15H24N2OS. The lowest BCUT2D eigenvalue weighted by atomic mass is 9.74. The fourth-order valence-electron chi connectivity index (χ4n) is 2.64. The number of hydrogen-bond acceptors (Lipinski definition) is 3. The summed E-state index contributed by atoms with van der Waals surface area (Å²) in [7, 11) is 0. The molecule has 0 aliphatic carbocycles. The van der Waals surface area contributed by atoms with Crippen LogP contribution in [0.4, 0.5) is 0 Å². The SMILES string of the molecule is CC(C)(C(=O)NCCc1cccs1)C1CCCNC1. The predicted octanol–water partition coefficient (Wildman–Crippen LogP) is 2.43. The Morgan fingerprint density at radius 2 is 2.42 bits per heavy atom. The van der Waals surface area contributed by atoms with E-state index in [1.165, 1.54) is 11.3 Å². The molecule has 1 fully saturated rings. The topological polar surface area (TPSA) is 41.1 Å². The minimum absolute atomic E-state index is 0.192.